The lowest BCUT2D eigenvalue weighted by atomic mass is 10.1. The van der Waals surface area contributed by atoms with Crippen molar-refractivity contribution in [3.63, 3.8) is 0 Å². The molecular formula is C19H28N4O5Si. The van der Waals surface area contributed by atoms with E-state index in [1.165, 1.54) is 6.20 Å². The van der Waals surface area contributed by atoms with Gasteiger partial charge in [0.15, 0.2) is 8.32 Å². The van der Waals surface area contributed by atoms with E-state index >= 15 is 0 Å². The van der Waals surface area contributed by atoms with Crippen molar-refractivity contribution < 1.29 is 19.3 Å². The standard InChI is InChI=1S/C19H28N4O5Si/c1-19(2,3)29(4,5)28-12-13(10-21-18(24)25)22-17-14-8-6-7-9-15(14)20-11-16(17)23(26)27/h6-9,11,13,21H,10,12H2,1-5H3,(H,20,22)(H,24,25)/t13-/m0/s1. The van der Waals surface area contributed by atoms with Crippen LogP contribution in [0.1, 0.15) is 20.8 Å². The molecule has 0 aliphatic heterocycles. The molecule has 0 saturated heterocycles. The maximum Gasteiger partial charge on any atom is 0.404 e. The number of anilines is 1. The molecule has 9 nitrogen and oxygen atoms in total. The number of nitro groups is 1. The molecule has 2 aromatic rings. The van der Waals surface area contributed by atoms with Gasteiger partial charge in [-0.3, -0.25) is 10.1 Å². The fourth-order valence-electron chi connectivity index (χ4n) is 2.51. The number of rotatable bonds is 8. The van der Waals surface area contributed by atoms with Crippen LogP contribution in [0.15, 0.2) is 30.5 Å². The molecule has 1 aromatic heterocycles. The molecule has 158 valence electrons. The second kappa shape index (κ2) is 8.74. The predicted octanol–water partition coefficient (Wildman–Crippen LogP) is 4.21. The van der Waals surface area contributed by atoms with Crippen molar-refractivity contribution in [1.82, 2.24) is 10.3 Å². The highest BCUT2D eigenvalue weighted by molar-refractivity contribution is 6.74. The predicted molar refractivity (Wildman–Crippen MR) is 115 cm³/mol. The molecule has 0 unspecified atom stereocenters. The van der Waals surface area contributed by atoms with Crippen molar-refractivity contribution in [2.75, 3.05) is 18.5 Å². The third-order valence-electron chi connectivity index (χ3n) is 5.25. The summed E-state index contributed by atoms with van der Waals surface area (Å²) in [6, 6.07) is 6.59. The third kappa shape index (κ3) is 5.64. The molecule has 1 amide bonds. The monoisotopic (exact) mass is 420 g/mol. The summed E-state index contributed by atoms with van der Waals surface area (Å²) in [6.07, 6.45) is 0.0411. The normalized spacial score (nSPS) is 13.1. The van der Waals surface area contributed by atoms with E-state index in [1.54, 1.807) is 24.3 Å². The van der Waals surface area contributed by atoms with Crippen molar-refractivity contribution in [2.45, 2.75) is 44.9 Å². The van der Waals surface area contributed by atoms with E-state index in [0.29, 0.717) is 16.6 Å². The van der Waals surface area contributed by atoms with Gasteiger partial charge in [-0.2, -0.15) is 0 Å². The van der Waals surface area contributed by atoms with Crippen LogP contribution in [0, 0.1) is 10.1 Å². The van der Waals surface area contributed by atoms with E-state index in [1.807, 2.05) is 0 Å². The van der Waals surface area contributed by atoms with Crippen molar-refractivity contribution >= 4 is 36.7 Å². The lowest BCUT2D eigenvalue weighted by Gasteiger charge is -2.37. The zero-order valence-corrected chi connectivity index (χ0v) is 18.4. The van der Waals surface area contributed by atoms with Crippen LogP contribution in [0.25, 0.3) is 10.9 Å². The Morgan fingerprint density at radius 3 is 2.59 bits per heavy atom. The molecule has 0 saturated carbocycles. The molecule has 0 fully saturated rings. The van der Waals surface area contributed by atoms with Gasteiger partial charge in [0, 0.05) is 11.9 Å². The second-order valence-corrected chi connectivity index (χ2v) is 13.2. The van der Waals surface area contributed by atoms with E-state index < -0.39 is 25.4 Å². The molecule has 0 aliphatic carbocycles. The molecule has 0 spiro atoms. The van der Waals surface area contributed by atoms with E-state index in [9.17, 15) is 14.9 Å². The summed E-state index contributed by atoms with van der Waals surface area (Å²) in [4.78, 5) is 26.2. The lowest BCUT2D eigenvalue weighted by molar-refractivity contribution is -0.384. The Bertz CT molecular complexity index is 898. The van der Waals surface area contributed by atoms with Crippen LogP contribution in [0.4, 0.5) is 16.2 Å². The highest BCUT2D eigenvalue weighted by atomic mass is 28.4. The van der Waals surface area contributed by atoms with Crippen molar-refractivity contribution in [3.8, 4) is 0 Å². The zero-order chi connectivity index (χ0) is 21.8. The first-order valence-electron chi connectivity index (χ1n) is 9.32. The summed E-state index contributed by atoms with van der Waals surface area (Å²) >= 11 is 0. The van der Waals surface area contributed by atoms with Crippen LogP contribution in [0.5, 0.6) is 0 Å². The number of pyridine rings is 1. The van der Waals surface area contributed by atoms with Crippen LogP contribution in [0.2, 0.25) is 18.1 Å². The SMILES string of the molecule is CC(C)(C)[Si](C)(C)OC[C@H](CNC(=O)O)Nc1c([N+](=O)[O-])cnc2ccccc12. The van der Waals surface area contributed by atoms with E-state index in [4.69, 9.17) is 9.53 Å². The lowest BCUT2D eigenvalue weighted by Crippen LogP contribution is -2.46. The maximum absolute atomic E-state index is 11.6. The fourth-order valence-corrected chi connectivity index (χ4v) is 3.56. The Morgan fingerprint density at radius 2 is 2.00 bits per heavy atom. The topological polar surface area (TPSA) is 127 Å². The summed E-state index contributed by atoms with van der Waals surface area (Å²) < 4.78 is 6.23. The Morgan fingerprint density at radius 1 is 1.34 bits per heavy atom. The Hall–Kier alpha value is -2.72. The van der Waals surface area contributed by atoms with Crippen molar-refractivity contribution in [3.05, 3.63) is 40.6 Å². The Balaban J connectivity index is 2.36. The number of hydrogen-bond donors (Lipinski definition) is 3. The van der Waals surface area contributed by atoms with Gasteiger partial charge in [0.05, 0.1) is 23.1 Å². The molecule has 2 rings (SSSR count). The molecule has 0 radical (unpaired) electrons. The average molecular weight is 421 g/mol. The molecular weight excluding hydrogens is 392 g/mol. The van der Waals surface area contributed by atoms with Gasteiger partial charge >= 0.3 is 11.8 Å². The van der Waals surface area contributed by atoms with Crippen LogP contribution >= 0.6 is 0 Å². The number of carboxylic acid groups (broad SMARTS) is 1. The summed E-state index contributed by atoms with van der Waals surface area (Å²) in [6.45, 7) is 10.8. The smallest absolute Gasteiger partial charge is 0.404 e. The van der Waals surface area contributed by atoms with Gasteiger partial charge < -0.3 is 20.2 Å². The largest absolute Gasteiger partial charge is 0.465 e. The summed E-state index contributed by atoms with van der Waals surface area (Å²) in [5.41, 5.74) is 0.740. The average Bonchev–Trinajstić information content (AvgIpc) is 2.62. The minimum Gasteiger partial charge on any atom is -0.465 e. The molecule has 0 bridgehead atoms. The number of benzene rings is 1. The Labute approximate surface area is 170 Å². The van der Waals surface area contributed by atoms with Gasteiger partial charge in [0.2, 0.25) is 0 Å². The van der Waals surface area contributed by atoms with Gasteiger partial charge in [0.1, 0.15) is 11.9 Å². The zero-order valence-electron chi connectivity index (χ0n) is 17.4. The molecule has 10 heteroatoms. The van der Waals surface area contributed by atoms with E-state index in [2.05, 4.69) is 49.5 Å². The highest BCUT2D eigenvalue weighted by Crippen LogP contribution is 2.37. The van der Waals surface area contributed by atoms with Gasteiger partial charge in [-0.25, -0.2) is 9.78 Å². The number of nitrogens with one attached hydrogen (secondary N) is 2. The van der Waals surface area contributed by atoms with E-state index in [-0.39, 0.29) is 23.9 Å². The minimum absolute atomic E-state index is 0.0207. The quantitative estimate of drug-likeness (QED) is 0.331. The second-order valence-electron chi connectivity index (χ2n) is 8.39. The Kier molecular flexibility index (Phi) is 6.80. The first-order chi connectivity index (χ1) is 13.4. The van der Waals surface area contributed by atoms with Gasteiger partial charge in [-0.05, 0) is 24.2 Å². The molecule has 3 N–H and O–H groups in total. The van der Waals surface area contributed by atoms with Crippen molar-refractivity contribution in [2.24, 2.45) is 0 Å². The number of carbonyl (C=O) groups is 1. The molecule has 1 aromatic carbocycles. The third-order valence-corrected chi connectivity index (χ3v) is 9.75. The highest BCUT2D eigenvalue weighted by Gasteiger charge is 2.37. The van der Waals surface area contributed by atoms with Crippen LogP contribution in [-0.2, 0) is 4.43 Å². The van der Waals surface area contributed by atoms with Crippen molar-refractivity contribution in [1.29, 1.82) is 0 Å². The summed E-state index contributed by atoms with van der Waals surface area (Å²) in [5, 5.41) is 26.6. The first kappa shape index (κ1) is 22.6. The summed E-state index contributed by atoms with van der Waals surface area (Å²) in [7, 11) is -2.09. The molecule has 29 heavy (non-hydrogen) atoms. The number of amides is 1. The van der Waals surface area contributed by atoms with E-state index in [0.717, 1.165) is 0 Å². The minimum atomic E-state index is -2.09. The maximum atomic E-state index is 11.6. The molecule has 0 aliphatic rings. The van der Waals surface area contributed by atoms with Gasteiger partial charge in [-0.15, -0.1) is 0 Å². The number of hydrogen-bond acceptors (Lipinski definition) is 6. The number of nitrogens with zero attached hydrogens (tertiary/aromatic N) is 2. The van der Waals surface area contributed by atoms with Crippen LogP contribution in [-0.4, -0.2) is 48.6 Å². The van der Waals surface area contributed by atoms with Crippen LogP contribution in [0.3, 0.4) is 0 Å². The first-order valence-corrected chi connectivity index (χ1v) is 12.2. The fraction of sp³-hybridized carbons (Fsp3) is 0.474. The molecule has 1 heterocycles. The van der Waals surface area contributed by atoms with Gasteiger partial charge in [-0.1, -0.05) is 39.0 Å². The van der Waals surface area contributed by atoms with Gasteiger partial charge in [0.25, 0.3) is 0 Å². The number of aromatic nitrogens is 1. The van der Waals surface area contributed by atoms with Crippen LogP contribution < -0.4 is 10.6 Å². The summed E-state index contributed by atoms with van der Waals surface area (Å²) in [5.74, 6) is 0. The number of para-hydroxylation sites is 1. The number of fused-ring (bicyclic) bond motifs is 1. The molecule has 1 atom stereocenters.